The highest BCUT2D eigenvalue weighted by Crippen LogP contribution is 2.33. The summed E-state index contributed by atoms with van der Waals surface area (Å²) < 4.78 is 6.59. The van der Waals surface area contributed by atoms with E-state index in [4.69, 9.17) is 4.74 Å². The topological polar surface area (TPSA) is 55.4 Å². The van der Waals surface area contributed by atoms with Gasteiger partial charge in [0.2, 0.25) is 0 Å². The van der Waals surface area contributed by atoms with E-state index in [1.54, 1.807) is 12.1 Å². The van der Waals surface area contributed by atoms with Crippen LogP contribution >= 0.6 is 31.9 Å². The first-order valence-corrected chi connectivity index (χ1v) is 5.62. The van der Waals surface area contributed by atoms with Gasteiger partial charge in [0.15, 0.2) is 6.61 Å². The zero-order chi connectivity index (χ0) is 11.0. The normalized spacial score (nSPS) is 15.1. The summed E-state index contributed by atoms with van der Waals surface area (Å²) in [6, 6.07) is 3.36. The van der Waals surface area contributed by atoms with Gasteiger partial charge in [-0.25, -0.2) is 0 Å². The lowest BCUT2D eigenvalue weighted by molar-refractivity contribution is -0.121. The molecule has 4 nitrogen and oxygen atoms in total. The molecule has 1 N–H and O–H groups in total. The Morgan fingerprint density at radius 3 is 2.73 bits per heavy atom. The molecule has 1 aliphatic rings. The number of carbonyl (C=O) groups is 2. The molecule has 0 bridgehead atoms. The molecule has 1 aromatic carbocycles. The van der Waals surface area contributed by atoms with Crippen LogP contribution in [0.2, 0.25) is 0 Å². The maximum atomic E-state index is 11.6. The van der Waals surface area contributed by atoms with Crippen molar-refractivity contribution in [2.75, 3.05) is 6.61 Å². The second-order valence-corrected chi connectivity index (χ2v) is 4.70. The van der Waals surface area contributed by atoms with Gasteiger partial charge in [-0.15, -0.1) is 0 Å². The summed E-state index contributed by atoms with van der Waals surface area (Å²) >= 11 is 6.53. The highest BCUT2D eigenvalue weighted by atomic mass is 79.9. The summed E-state index contributed by atoms with van der Waals surface area (Å²) in [6.45, 7) is -0.154. The average Bonchev–Trinajstić information content (AvgIpc) is 2.27. The van der Waals surface area contributed by atoms with Crippen molar-refractivity contribution in [2.45, 2.75) is 0 Å². The van der Waals surface area contributed by atoms with Gasteiger partial charge < -0.3 is 4.74 Å². The second kappa shape index (κ2) is 3.94. The minimum Gasteiger partial charge on any atom is -0.482 e. The van der Waals surface area contributed by atoms with E-state index in [1.807, 2.05) is 0 Å². The largest absolute Gasteiger partial charge is 0.482 e. The second-order valence-electron chi connectivity index (χ2n) is 2.93. The van der Waals surface area contributed by atoms with Crippen LogP contribution in [0, 0.1) is 0 Å². The number of amides is 2. The van der Waals surface area contributed by atoms with Gasteiger partial charge in [0, 0.05) is 4.47 Å². The van der Waals surface area contributed by atoms with Crippen molar-refractivity contribution in [1.82, 2.24) is 5.32 Å². The van der Waals surface area contributed by atoms with E-state index in [9.17, 15) is 9.59 Å². The Morgan fingerprint density at radius 1 is 1.27 bits per heavy atom. The molecule has 2 amide bonds. The zero-order valence-corrected chi connectivity index (χ0v) is 10.5. The maximum absolute atomic E-state index is 11.6. The first-order valence-electron chi connectivity index (χ1n) is 4.04. The highest BCUT2D eigenvalue weighted by Gasteiger charge is 2.23. The molecule has 0 spiro atoms. The number of hydrogen-bond acceptors (Lipinski definition) is 3. The first kappa shape index (κ1) is 10.6. The Morgan fingerprint density at radius 2 is 2.00 bits per heavy atom. The van der Waals surface area contributed by atoms with Crippen LogP contribution in [-0.4, -0.2) is 18.4 Å². The van der Waals surface area contributed by atoms with Crippen molar-refractivity contribution in [3.63, 3.8) is 0 Å². The summed E-state index contributed by atoms with van der Waals surface area (Å²) in [5, 5.41) is 2.21. The number of rotatable bonds is 0. The molecule has 2 rings (SSSR count). The standard InChI is InChI=1S/C9H5Br2NO3/c10-4-1-5-8(6(11)2-4)15-3-7(13)12-9(5)14/h1-2H,3H2,(H,12,13,14). The van der Waals surface area contributed by atoms with Gasteiger partial charge in [-0.05, 0) is 28.1 Å². The molecule has 0 unspecified atom stereocenters. The van der Waals surface area contributed by atoms with Gasteiger partial charge in [0.05, 0.1) is 10.0 Å². The van der Waals surface area contributed by atoms with Crippen LogP contribution < -0.4 is 10.1 Å². The van der Waals surface area contributed by atoms with Crippen LogP contribution in [0.15, 0.2) is 21.1 Å². The van der Waals surface area contributed by atoms with Crippen LogP contribution in [0.5, 0.6) is 5.75 Å². The Bertz CT molecular complexity index is 459. The molecule has 1 heterocycles. The molecule has 1 aromatic rings. The molecule has 0 aromatic heterocycles. The fourth-order valence-corrected chi connectivity index (χ4v) is 2.58. The molecule has 0 radical (unpaired) electrons. The van der Waals surface area contributed by atoms with Gasteiger partial charge in [-0.1, -0.05) is 15.9 Å². The van der Waals surface area contributed by atoms with Gasteiger partial charge in [0.1, 0.15) is 5.75 Å². The highest BCUT2D eigenvalue weighted by molar-refractivity contribution is 9.11. The molecular formula is C9H5Br2NO3. The molecule has 0 saturated heterocycles. The van der Waals surface area contributed by atoms with Crippen molar-refractivity contribution in [2.24, 2.45) is 0 Å². The molecule has 0 atom stereocenters. The van der Waals surface area contributed by atoms with Crippen LogP contribution in [0.4, 0.5) is 0 Å². The van der Waals surface area contributed by atoms with Gasteiger partial charge >= 0.3 is 0 Å². The molecule has 0 saturated carbocycles. The van der Waals surface area contributed by atoms with Crippen molar-refractivity contribution in [3.05, 3.63) is 26.6 Å². The zero-order valence-electron chi connectivity index (χ0n) is 7.34. The lowest BCUT2D eigenvalue weighted by Crippen LogP contribution is -2.31. The fraction of sp³-hybridized carbons (Fsp3) is 0.111. The van der Waals surface area contributed by atoms with E-state index in [-0.39, 0.29) is 6.61 Å². The van der Waals surface area contributed by atoms with E-state index >= 15 is 0 Å². The van der Waals surface area contributed by atoms with Crippen molar-refractivity contribution < 1.29 is 14.3 Å². The molecule has 6 heteroatoms. The predicted octanol–water partition coefficient (Wildman–Crippen LogP) is 1.86. The average molecular weight is 335 g/mol. The van der Waals surface area contributed by atoms with E-state index < -0.39 is 11.8 Å². The Kier molecular flexibility index (Phi) is 2.79. The summed E-state index contributed by atoms with van der Waals surface area (Å²) in [5.74, 6) is -0.504. The predicted molar refractivity (Wildman–Crippen MR) is 59.8 cm³/mol. The Balaban J connectivity index is 2.58. The third-order valence-corrected chi connectivity index (χ3v) is 2.90. The van der Waals surface area contributed by atoms with Gasteiger partial charge in [-0.2, -0.15) is 0 Å². The van der Waals surface area contributed by atoms with Crippen molar-refractivity contribution >= 4 is 43.7 Å². The minimum absolute atomic E-state index is 0.154. The quantitative estimate of drug-likeness (QED) is 0.737. The molecule has 78 valence electrons. The summed E-state index contributed by atoms with van der Waals surface area (Å²) in [5.41, 5.74) is 0.335. The van der Waals surface area contributed by atoms with Crippen LogP contribution in [0.1, 0.15) is 10.4 Å². The third-order valence-electron chi connectivity index (χ3n) is 1.85. The number of halogens is 2. The maximum Gasteiger partial charge on any atom is 0.264 e. The minimum atomic E-state index is -0.450. The first-order chi connectivity index (χ1) is 7.08. The van der Waals surface area contributed by atoms with Crippen LogP contribution in [-0.2, 0) is 4.79 Å². The summed E-state index contributed by atoms with van der Waals surface area (Å²) in [7, 11) is 0. The van der Waals surface area contributed by atoms with Crippen LogP contribution in [0.3, 0.4) is 0 Å². The number of imide groups is 1. The summed E-state index contributed by atoms with van der Waals surface area (Å²) in [6.07, 6.45) is 0. The summed E-state index contributed by atoms with van der Waals surface area (Å²) in [4.78, 5) is 22.6. The van der Waals surface area contributed by atoms with Crippen molar-refractivity contribution in [1.29, 1.82) is 0 Å². The third kappa shape index (κ3) is 2.05. The van der Waals surface area contributed by atoms with E-state index in [2.05, 4.69) is 37.2 Å². The number of fused-ring (bicyclic) bond motifs is 1. The van der Waals surface area contributed by atoms with E-state index in [0.29, 0.717) is 15.8 Å². The molecule has 0 fully saturated rings. The Labute approximate surface area is 102 Å². The molecule has 15 heavy (non-hydrogen) atoms. The molecule has 1 aliphatic heterocycles. The molecular weight excluding hydrogens is 330 g/mol. The number of hydrogen-bond donors (Lipinski definition) is 1. The lowest BCUT2D eigenvalue weighted by Gasteiger charge is -2.07. The van der Waals surface area contributed by atoms with E-state index in [1.165, 1.54) is 0 Å². The van der Waals surface area contributed by atoms with E-state index in [0.717, 1.165) is 4.47 Å². The monoisotopic (exact) mass is 333 g/mol. The van der Waals surface area contributed by atoms with Gasteiger partial charge in [-0.3, -0.25) is 14.9 Å². The smallest absolute Gasteiger partial charge is 0.264 e. The lowest BCUT2D eigenvalue weighted by atomic mass is 10.2. The molecule has 0 aliphatic carbocycles. The van der Waals surface area contributed by atoms with Gasteiger partial charge in [0.25, 0.3) is 11.8 Å². The fourth-order valence-electron chi connectivity index (χ4n) is 1.24. The van der Waals surface area contributed by atoms with Crippen molar-refractivity contribution in [3.8, 4) is 5.75 Å². The number of carbonyl (C=O) groups excluding carboxylic acids is 2. The number of benzene rings is 1. The number of ether oxygens (including phenoxy) is 1. The van der Waals surface area contributed by atoms with Crippen LogP contribution in [0.25, 0.3) is 0 Å². The number of nitrogens with one attached hydrogen (secondary N) is 1. The SMILES string of the molecule is O=C1COc2c(Br)cc(Br)cc2C(=O)N1. The Hall–Kier alpha value is -0.880.